The summed E-state index contributed by atoms with van der Waals surface area (Å²) >= 11 is 6.83. The summed E-state index contributed by atoms with van der Waals surface area (Å²) in [7, 11) is 1.35. The fraction of sp³-hybridized carbons (Fsp3) is 0.176. The van der Waals surface area contributed by atoms with E-state index >= 15 is 0 Å². The van der Waals surface area contributed by atoms with Crippen molar-refractivity contribution in [3.05, 3.63) is 52.7 Å². The maximum absolute atomic E-state index is 11.8. The second-order valence-corrected chi connectivity index (χ2v) is 6.62. The van der Waals surface area contributed by atoms with Crippen molar-refractivity contribution in [3.8, 4) is 10.7 Å². The molecule has 7 nitrogen and oxygen atoms in total. The molecule has 0 bridgehead atoms. The number of nitrogens with zero attached hydrogens (tertiary/aromatic N) is 2. The van der Waals surface area contributed by atoms with E-state index in [4.69, 9.17) is 21.5 Å². The van der Waals surface area contributed by atoms with Gasteiger partial charge in [-0.1, -0.05) is 17.3 Å². The molecule has 9 heteroatoms. The zero-order valence-electron chi connectivity index (χ0n) is 14.1. The van der Waals surface area contributed by atoms with Gasteiger partial charge in [-0.2, -0.15) is 4.98 Å². The van der Waals surface area contributed by atoms with Gasteiger partial charge in [0.25, 0.3) is 0 Å². The molecule has 26 heavy (non-hydrogen) atoms. The van der Waals surface area contributed by atoms with Crippen molar-refractivity contribution in [2.75, 3.05) is 12.4 Å². The number of hydrogen-bond acceptors (Lipinski definition) is 7. The van der Waals surface area contributed by atoms with Crippen LogP contribution in [0.2, 0.25) is 0 Å². The highest BCUT2D eigenvalue weighted by Crippen LogP contribution is 2.21. The standard InChI is InChI=1S/C17H16N4O3S2/c1-10-11(16(22)23-2)5-3-6-12(10)19-17(25)18-9-14-20-15(21-24-14)13-7-4-8-26-13/h3-8H,9H2,1-2H3,(H2,18,19,25). The van der Waals surface area contributed by atoms with E-state index in [1.165, 1.54) is 7.11 Å². The minimum Gasteiger partial charge on any atom is -0.465 e. The van der Waals surface area contributed by atoms with E-state index in [-0.39, 0.29) is 0 Å². The predicted molar refractivity (Wildman–Crippen MR) is 103 cm³/mol. The molecule has 0 amide bonds. The summed E-state index contributed by atoms with van der Waals surface area (Å²) in [4.78, 5) is 17.0. The van der Waals surface area contributed by atoms with Crippen LogP contribution in [0, 0.1) is 6.92 Å². The lowest BCUT2D eigenvalue weighted by atomic mass is 10.1. The summed E-state index contributed by atoms with van der Waals surface area (Å²) in [6, 6.07) is 9.15. The minimum atomic E-state index is -0.392. The number of thiocarbonyl (C=S) groups is 1. The molecule has 134 valence electrons. The number of aromatic nitrogens is 2. The topological polar surface area (TPSA) is 89.3 Å². The minimum absolute atomic E-state index is 0.292. The van der Waals surface area contributed by atoms with E-state index in [9.17, 15) is 4.79 Å². The van der Waals surface area contributed by atoms with Crippen LogP contribution in [0.4, 0.5) is 5.69 Å². The van der Waals surface area contributed by atoms with Crippen molar-refractivity contribution in [1.82, 2.24) is 15.5 Å². The van der Waals surface area contributed by atoms with Crippen LogP contribution in [0.5, 0.6) is 0 Å². The summed E-state index contributed by atoms with van der Waals surface area (Å²) in [6.07, 6.45) is 0. The van der Waals surface area contributed by atoms with Crippen LogP contribution in [0.1, 0.15) is 21.8 Å². The van der Waals surface area contributed by atoms with Gasteiger partial charge in [-0.15, -0.1) is 11.3 Å². The second kappa shape index (κ2) is 8.07. The van der Waals surface area contributed by atoms with Crippen LogP contribution in [-0.4, -0.2) is 28.3 Å². The first kappa shape index (κ1) is 18.0. The molecule has 0 atom stereocenters. The largest absolute Gasteiger partial charge is 0.465 e. The molecule has 0 unspecified atom stereocenters. The Labute approximate surface area is 159 Å². The predicted octanol–water partition coefficient (Wildman–Crippen LogP) is 3.38. The fourth-order valence-corrected chi connectivity index (χ4v) is 3.09. The Bertz CT molecular complexity index is 922. The van der Waals surface area contributed by atoms with E-state index in [2.05, 4.69) is 20.8 Å². The molecule has 0 aliphatic heterocycles. The van der Waals surface area contributed by atoms with Crippen LogP contribution in [0.25, 0.3) is 10.7 Å². The van der Waals surface area contributed by atoms with E-state index < -0.39 is 5.97 Å². The van der Waals surface area contributed by atoms with E-state index in [0.29, 0.717) is 28.9 Å². The molecule has 0 saturated heterocycles. The molecule has 2 heterocycles. The number of carbonyl (C=O) groups is 1. The Morgan fingerprint density at radius 3 is 2.92 bits per heavy atom. The number of anilines is 1. The van der Waals surface area contributed by atoms with Crippen molar-refractivity contribution in [2.24, 2.45) is 0 Å². The van der Waals surface area contributed by atoms with Gasteiger partial charge >= 0.3 is 5.97 Å². The van der Waals surface area contributed by atoms with Crippen molar-refractivity contribution in [1.29, 1.82) is 0 Å². The van der Waals surface area contributed by atoms with Crippen molar-refractivity contribution >= 4 is 40.3 Å². The number of methoxy groups -OCH3 is 1. The third-order valence-electron chi connectivity index (χ3n) is 3.60. The third-order valence-corrected chi connectivity index (χ3v) is 4.71. The number of thiophene rings is 1. The van der Waals surface area contributed by atoms with E-state index in [0.717, 1.165) is 16.1 Å². The van der Waals surface area contributed by atoms with Crippen LogP contribution >= 0.6 is 23.6 Å². The molecule has 2 N–H and O–H groups in total. The smallest absolute Gasteiger partial charge is 0.338 e. The first-order chi connectivity index (χ1) is 12.6. The normalized spacial score (nSPS) is 10.4. The van der Waals surface area contributed by atoms with Gasteiger partial charge in [0.1, 0.15) is 0 Å². The SMILES string of the molecule is COC(=O)c1cccc(NC(=S)NCc2nc(-c3cccs3)no2)c1C. The monoisotopic (exact) mass is 388 g/mol. The lowest BCUT2D eigenvalue weighted by Crippen LogP contribution is -2.28. The number of rotatable bonds is 5. The summed E-state index contributed by atoms with van der Waals surface area (Å²) in [5.41, 5.74) is 1.95. The zero-order chi connectivity index (χ0) is 18.5. The van der Waals surface area contributed by atoms with Gasteiger partial charge in [0, 0.05) is 5.69 Å². The van der Waals surface area contributed by atoms with Gasteiger partial charge in [-0.25, -0.2) is 4.79 Å². The van der Waals surface area contributed by atoms with Crippen LogP contribution in [-0.2, 0) is 11.3 Å². The molecule has 0 fully saturated rings. The average molecular weight is 388 g/mol. The Kier molecular flexibility index (Phi) is 5.59. The molecule has 1 aromatic carbocycles. The Balaban J connectivity index is 1.61. The summed E-state index contributed by atoms with van der Waals surface area (Å²) in [5.74, 6) is 0.590. The summed E-state index contributed by atoms with van der Waals surface area (Å²) < 4.78 is 9.99. The van der Waals surface area contributed by atoms with E-state index in [1.54, 1.807) is 23.5 Å². The molecule has 0 aliphatic rings. The third kappa shape index (κ3) is 4.06. The van der Waals surface area contributed by atoms with Crippen LogP contribution < -0.4 is 10.6 Å². The molecular formula is C17H16N4O3S2. The molecule has 0 spiro atoms. The molecule has 0 aliphatic carbocycles. The first-order valence-corrected chi connectivity index (χ1v) is 8.96. The Morgan fingerprint density at radius 1 is 1.35 bits per heavy atom. The molecule has 2 aromatic heterocycles. The Morgan fingerprint density at radius 2 is 2.19 bits per heavy atom. The van der Waals surface area contributed by atoms with Gasteiger partial charge in [-0.3, -0.25) is 0 Å². The Hall–Kier alpha value is -2.78. The molecule has 0 radical (unpaired) electrons. The molecule has 3 rings (SSSR count). The highest BCUT2D eigenvalue weighted by molar-refractivity contribution is 7.80. The highest BCUT2D eigenvalue weighted by atomic mass is 32.1. The fourth-order valence-electron chi connectivity index (χ4n) is 2.26. The van der Waals surface area contributed by atoms with Crippen LogP contribution in [0.15, 0.2) is 40.2 Å². The highest BCUT2D eigenvalue weighted by Gasteiger charge is 2.13. The van der Waals surface area contributed by atoms with Gasteiger partial charge in [-0.05, 0) is 48.3 Å². The number of carbonyl (C=O) groups excluding carboxylic acids is 1. The first-order valence-electron chi connectivity index (χ1n) is 7.67. The number of ether oxygens (including phenoxy) is 1. The van der Waals surface area contributed by atoms with Crippen molar-refractivity contribution < 1.29 is 14.1 Å². The molecular weight excluding hydrogens is 372 g/mol. The average Bonchev–Trinajstić information content (AvgIpc) is 3.32. The van der Waals surface area contributed by atoms with Gasteiger partial charge in [0.2, 0.25) is 11.7 Å². The number of benzene rings is 1. The van der Waals surface area contributed by atoms with Crippen LogP contribution in [0.3, 0.4) is 0 Å². The van der Waals surface area contributed by atoms with Crippen molar-refractivity contribution in [2.45, 2.75) is 13.5 Å². The van der Waals surface area contributed by atoms with E-state index in [1.807, 2.05) is 30.5 Å². The van der Waals surface area contributed by atoms with Gasteiger partial charge in [0.05, 0.1) is 24.1 Å². The van der Waals surface area contributed by atoms with Gasteiger partial charge < -0.3 is 19.9 Å². The molecule has 0 saturated carbocycles. The quantitative estimate of drug-likeness (QED) is 0.508. The summed E-state index contributed by atoms with van der Waals surface area (Å²) in [5, 5.41) is 12.3. The molecule has 3 aromatic rings. The lowest BCUT2D eigenvalue weighted by Gasteiger charge is -2.13. The van der Waals surface area contributed by atoms with Gasteiger partial charge in [0.15, 0.2) is 5.11 Å². The maximum Gasteiger partial charge on any atom is 0.338 e. The second-order valence-electron chi connectivity index (χ2n) is 5.27. The van der Waals surface area contributed by atoms with Crippen molar-refractivity contribution in [3.63, 3.8) is 0 Å². The number of hydrogen-bond donors (Lipinski definition) is 2. The number of esters is 1. The number of nitrogens with one attached hydrogen (secondary N) is 2. The zero-order valence-corrected chi connectivity index (χ0v) is 15.7. The summed E-state index contributed by atoms with van der Waals surface area (Å²) in [6.45, 7) is 2.11. The maximum atomic E-state index is 11.8. The lowest BCUT2D eigenvalue weighted by molar-refractivity contribution is 0.0600.